The highest BCUT2D eigenvalue weighted by Crippen LogP contribution is 2.21. The Kier molecular flexibility index (Phi) is 3.90. The van der Waals surface area contributed by atoms with Crippen molar-refractivity contribution < 1.29 is 4.79 Å². The van der Waals surface area contributed by atoms with Crippen LogP contribution in [0.25, 0.3) is 0 Å². The molecule has 2 aromatic carbocycles. The number of halogens is 1. The van der Waals surface area contributed by atoms with E-state index in [0.717, 1.165) is 21.3 Å². The average Bonchev–Trinajstić information content (AvgIpc) is 2.35. The van der Waals surface area contributed by atoms with Crippen molar-refractivity contribution >= 4 is 33.2 Å². The van der Waals surface area contributed by atoms with Crippen LogP contribution in [0, 0.1) is 13.8 Å². The van der Waals surface area contributed by atoms with Crippen molar-refractivity contribution in [3.05, 3.63) is 57.6 Å². The predicted molar refractivity (Wildman–Crippen MR) is 82.4 cm³/mol. The molecule has 98 valence electrons. The Morgan fingerprint density at radius 3 is 2.53 bits per heavy atom. The summed E-state index contributed by atoms with van der Waals surface area (Å²) in [7, 11) is 0. The van der Waals surface area contributed by atoms with Gasteiger partial charge in [-0.25, -0.2) is 0 Å². The third-order valence-corrected chi connectivity index (χ3v) is 3.44. The fraction of sp³-hybridized carbons (Fsp3) is 0.133. The van der Waals surface area contributed by atoms with Gasteiger partial charge in [0.05, 0.1) is 0 Å². The zero-order chi connectivity index (χ0) is 14.0. The molecule has 0 heterocycles. The van der Waals surface area contributed by atoms with Gasteiger partial charge in [-0.1, -0.05) is 22.0 Å². The van der Waals surface area contributed by atoms with Crippen LogP contribution in [0.4, 0.5) is 11.4 Å². The summed E-state index contributed by atoms with van der Waals surface area (Å²) in [5, 5.41) is 2.91. The van der Waals surface area contributed by atoms with E-state index in [1.807, 2.05) is 44.2 Å². The van der Waals surface area contributed by atoms with E-state index in [1.54, 1.807) is 6.07 Å². The number of hydrogen-bond donors (Lipinski definition) is 2. The predicted octanol–water partition coefficient (Wildman–Crippen LogP) is 3.90. The molecule has 2 aromatic rings. The normalized spacial score (nSPS) is 10.3. The molecule has 1 amide bonds. The highest BCUT2D eigenvalue weighted by atomic mass is 79.9. The van der Waals surface area contributed by atoms with Crippen LogP contribution in [0.3, 0.4) is 0 Å². The Labute approximate surface area is 121 Å². The molecule has 0 unspecified atom stereocenters. The highest BCUT2D eigenvalue weighted by molar-refractivity contribution is 9.10. The topological polar surface area (TPSA) is 55.1 Å². The average molecular weight is 319 g/mol. The lowest BCUT2D eigenvalue weighted by Gasteiger charge is -2.11. The molecule has 0 bridgehead atoms. The molecular weight excluding hydrogens is 304 g/mol. The lowest BCUT2D eigenvalue weighted by molar-refractivity contribution is 0.102. The lowest BCUT2D eigenvalue weighted by atomic mass is 10.1. The number of nitrogens with one attached hydrogen (secondary N) is 1. The first kappa shape index (κ1) is 13.6. The number of anilines is 2. The van der Waals surface area contributed by atoms with E-state index in [4.69, 9.17) is 5.73 Å². The molecule has 3 N–H and O–H groups in total. The minimum atomic E-state index is -0.119. The van der Waals surface area contributed by atoms with Gasteiger partial charge in [0, 0.05) is 21.4 Å². The standard InChI is InChI=1S/C15H15BrN2O/c1-9-3-4-11(16)8-13(9)15(19)18-14-6-5-12(17)7-10(14)2/h3-8H,17H2,1-2H3,(H,18,19). The largest absolute Gasteiger partial charge is 0.399 e. The van der Waals surface area contributed by atoms with E-state index in [9.17, 15) is 4.79 Å². The van der Waals surface area contributed by atoms with E-state index >= 15 is 0 Å². The van der Waals surface area contributed by atoms with Gasteiger partial charge in [0.25, 0.3) is 5.91 Å². The first-order valence-corrected chi connectivity index (χ1v) is 6.70. The molecule has 0 atom stereocenters. The fourth-order valence-corrected chi connectivity index (χ4v) is 2.22. The van der Waals surface area contributed by atoms with Gasteiger partial charge in [0.2, 0.25) is 0 Å². The molecular formula is C15H15BrN2O. The monoisotopic (exact) mass is 318 g/mol. The van der Waals surface area contributed by atoms with Gasteiger partial charge in [-0.2, -0.15) is 0 Å². The van der Waals surface area contributed by atoms with E-state index in [1.165, 1.54) is 0 Å². The Morgan fingerprint density at radius 2 is 1.84 bits per heavy atom. The summed E-state index contributed by atoms with van der Waals surface area (Å²) in [5.74, 6) is -0.119. The zero-order valence-electron chi connectivity index (χ0n) is 10.8. The number of nitrogen functional groups attached to an aromatic ring is 1. The van der Waals surface area contributed by atoms with Crippen molar-refractivity contribution in [1.82, 2.24) is 0 Å². The second-order valence-electron chi connectivity index (χ2n) is 4.49. The van der Waals surface area contributed by atoms with Crippen molar-refractivity contribution in [3.63, 3.8) is 0 Å². The number of benzene rings is 2. The summed E-state index contributed by atoms with van der Waals surface area (Å²) >= 11 is 3.38. The van der Waals surface area contributed by atoms with Crippen LogP contribution in [-0.2, 0) is 0 Å². The van der Waals surface area contributed by atoms with Crippen molar-refractivity contribution in [3.8, 4) is 0 Å². The molecule has 4 heteroatoms. The maximum atomic E-state index is 12.3. The van der Waals surface area contributed by atoms with Gasteiger partial charge in [-0.15, -0.1) is 0 Å². The van der Waals surface area contributed by atoms with Crippen LogP contribution < -0.4 is 11.1 Å². The molecule has 0 aromatic heterocycles. The van der Waals surface area contributed by atoms with Crippen molar-refractivity contribution in [2.24, 2.45) is 0 Å². The van der Waals surface area contributed by atoms with Gasteiger partial charge < -0.3 is 11.1 Å². The Morgan fingerprint density at radius 1 is 1.11 bits per heavy atom. The molecule has 0 spiro atoms. The van der Waals surface area contributed by atoms with Crippen LogP contribution in [0.1, 0.15) is 21.5 Å². The van der Waals surface area contributed by atoms with Crippen LogP contribution in [-0.4, -0.2) is 5.91 Å². The number of carbonyl (C=O) groups excluding carboxylic acids is 1. The van der Waals surface area contributed by atoms with Gasteiger partial charge in [-0.05, 0) is 55.3 Å². The molecule has 0 radical (unpaired) electrons. The Hall–Kier alpha value is -1.81. The van der Waals surface area contributed by atoms with E-state index in [0.29, 0.717) is 11.3 Å². The molecule has 0 fully saturated rings. The molecule has 19 heavy (non-hydrogen) atoms. The van der Waals surface area contributed by atoms with Crippen LogP contribution in [0.2, 0.25) is 0 Å². The molecule has 0 saturated heterocycles. The first-order valence-electron chi connectivity index (χ1n) is 5.91. The molecule has 0 aliphatic rings. The van der Waals surface area contributed by atoms with Gasteiger partial charge >= 0.3 is 0 Å². The zero-order valence-corrected chi connectivity index (χ0v) is 12.4. The maximum absolute atomic E-state index is 12.3. The number of hydrogen-bond acceptors (Lipinski definition) is 2. The number of aryl methyl sites for hydroxylation is 2. The SMILES string of the molecule is Cc1cc(N)ccc1NC(=O)c1cc(Br)ccc1C. The maximum Gasteiger partial charge on any atom is 0.255 e. The second kappa shape index (κ2) is 5.45. The van der Waals surface area contributed by atoms with E-state index in [-0.39, 0.29) is 5.91 Å². The molecule has 0 aliphatic carbocycles. The minimum Gasteiger partial charge on any atom is -0.399 e. The third kappa shape index (κ3) is 3.15. The summed E-state index contributed by atoms with van der Waals surface area (Å²) in [6, 6.07) is 11.1. The Balaban J connectivity index is 2.28. The molecule has 3 nitrogen and oxygen atoms in total. The fourth-order valence-electron chi connectivity index (χ4n) is 1.86. The smallest absolute Gasteiger partial charge is 0.255 e. The molecule has 0 saturated carbocycles. The summed E-state index contributed by atoms with van der Waals surface area (Å²) in [6.07, 6.45) is 0. The summed E-state index contributed by atoms with van der Waals surface area (Å²) < 4.78 is 0.886. The van der Waals surface area contributed by atoms with Crippen LogP contribution in [0.15, 0.2) is 40.9 Å². The first-order chi connectivity index (χ1) is 8.97. The number of nitrogens with two attached hydrogens (primary N) is 1. The summed E-state index contributed by atoms with van der Waals surface area (Å²) in [6.45, 7) is 3.83. The van der Waals surface area contributed by atoms with Gasteiger partial charge in [-0.3, -0.25) is 4.79 Å². The number of rotatable bonds is 2. The van der Waals surface area contributed by atoms with Gasteiger partial charge in [0.15, 0.2) is 0 Å². The van der Waals surface area contributed by atoms with E-state index in [2.05, 4.69) is 21.2 Å². The third-order valence-electron chi connectivity index (χ3n) is 2.94. The summed E-state index contributed by atoms with van der Waals surface area (Å²) in [4.78, 5) is 12.3. The van der Waals surface area contributed by atoms with E-state index < -0.39 is 0 Å². The summed E-state index contributed by atoms with van der Waals surface area (Å²) in [5.41, 5.74) is 9.70. The van der Waals surface area contributed by atoms with Gasteiger partial charge in [0.1, 0.15) is 0 Å². The molecule has 2 rings (SSSR count). The quantitative estimate of drug-likeness (QED) is 0.825. The molecule has 0 aliphatic heterocycles. The minimum absolute atomic E-state index is 0.119. The van der Waals surface area contributed by atoms with Crippen molar-refractivity contribution in [1.29, 1.82) is 0 Å². The number of carbonyl (C=O) groups is 1. The van der Waals surface area contributed by atoms with Crippen molar-refractivity contribution in [2.45, 2.75) is 13.8 Å². The number of amides is 1. The van der Waals surface area contributed by atoms with Crippen molar-refractivity contribution in [2.75, 3.05) is 11.1 Å². The second-order valence-corrected chi connectivity index (χ2v) is 5.40. The highest BCUT2D eigenvalue weighted by Gasteiger charge is 2.11. The van der Waals surface area contributed by atoms with Crippen LogP contribution in [0.5, 0.6) is 0 Å². The van der Waals surface area contributed by atoms with Crippen LogP contribution >= 0.6 is 15.9 Å². The lowest BCUT2D eigenvalue weighted by Crippen LogP contribution is -2.14. The Bertz CT molecular complexity index is 638.